The maximum absolute atomic E-state index is 13.8. The summed E-state index contributed by atoms with van der Waals surface area (Å²) in [5.41, 5.74) is 0.839. The van der Waals surface area contributed by atoms with Gasteiger partial charge in [-0.2, -0.15) is 0 Å². The van der Waals surface area contributed by atoms with E-state index in [-0.39, 0.29) is 22.4 Å². The number of halogens is 2. The average Bonchev–Trinajstić information content (AvgIpc) is 2.28. The summed E-state index contributed by atoms with van der Waals surface area (Å²) in [6.07, 6.45) is 0. The normalized spacial score (nSPS) is 11.3. The first kappa shape index (κ1) is 13.4. The minimum absolute atomic E-state index is 0.0317. The van der Waals surface area contributed by atoms with Crippen molar-refractivity contribution in [3.8, 4) is 0 Å². The van der Waals surface area contributed by atoms with Crippen molar-refractivity contribution in [2.45, 2.75) is 26.7 Å². The number of rotatable bonds is 2. The van der Waals surface area contributed by atoms with Gasteiger partial charge in [0.25, 0.3) is 0 Å². The van der Waals surface area contributed by atoms with E-state index in [2.05, 4.69) is 4.98 Å². The molecule has 1 aromatic carbocycles. The zero-order valence-corrected chi connectivity index (χ0v) is 10.8. The van der Waals surface area contributed by atoms with Crippen molar-refractivity contribution >= 4 is 16.9 Å². The Labute approximate surface area is 108 Å². The van der Waals surface area contributed by atoms with Gasteiger partial charge in [0.05, 0.1) is 16.5 Å². The third-order valence-electron chi connectivity index (χ3n) is 3.05. The molecule has 3 nitrogen and oxygen atoms in total. The van der Waals surface area contributed by atoms with Crippen molar-refractivity contribution in [3.05, 3.63) is 40.6 Å². The van der Waals surface area contributed by atoms with Crippen molar-refractivity contribution in [3.63, 3.8) is 0 Å². The van der Waals surface area contributed by atoms with Crippen LogP contribution in [0.4, 0.5) is 8.78 Å². The van der Waals surface area contributed by atoms with Crippen LogP contribution in [0.15, 0.2) is 12.1 Å². The average molecular weight is 265 g/mol. The van der Waals surface area contributed by atoms with Crippen molar-refractivity contribution in [2.24, 2.45) is 0 Å². The van der Waals surface area contributed by atoms with Crippen LogP contribution in [-0.4, -0.2) is 16.1 Å². The van der Waals surface area contributed by atoms with Gasteiger partial charge in [-0.1, -0.05) is 13.8 Å². The van der Waals surface area contributed by atoms with Gasteiger partial charge in [-0.3, -0.25) is 4.98 Å². The number of aromatic carboxylic acids is 1. The molecule has 2 aromatic rings. The van der Waals surface area contributed by atoms with Crippen LogP contribution < -0.4 is 0 Å². The zero-order chi connectivity index (χ0) is 14.3. The molecule has 0 atom stereocenters. The van der Waals surface area contributed by atoms with Crippen LogP contribution in [0.5, 0.6) is 0 Å². The molecule has 0 radical (unpaired) electrons. The van der Waals surface area contributed by atoms with Gasteiger partial charge in [-0.05, 0) is 18.4 Å². The quantitative estimate of drug-likeness (QED) is 0.901. The second-order valence-electron chi connectivity index (χ2n) is 4.74. The van der Waals surface area contributed by atoms with Gasteiger partial charge >= 0.3 is 5.97 Å². The van der Waals surface area contributed by atoms with Crippen molar-refractivity contribution in [1.29, 1.82) is 0 Å². The predicted octanol–water partition coefficient (Wildman–Crippen LogP) is 3.64. The van der Waals surface area contributed by atoms with Gasteiger partial charge in [0.15, 0.2) is 0 Å². The summed E-state index contributed by atoms with van der Waals surface area (Å²) >= 11 is 0. The van der Waals surface area contributed by atoms with E-state index in [1.165, 1.54) is 0 Å². The molecular formula is C14H13F2NO2. The SMILES string of the molecule is Cc1c(C(C)C)nc2cc(F)cc(F)c2c1C(=O)O. The molecule has 0 spiro atoms. The molecule has 0 fully saturated rings. The largest absolute Gasteiger partial charge is 0.478 e. The van der Waals surface area contributed by atoms with Crippen LogP contribution in [0.3, 0.4) is 0 Å². The number of fused-ring (bicyclic) bond motifs is 1. The summed E-state index contributed by atoms with van der Waals surface area (Å²) in [4.78, 5) is 15.6. The Morgan fingerprint density at radius 3 is 2.47 bits per heavy atom. The van der Waals surface area contributed by atoms with Crippen molar-refractivity contribution in [2.75, 3.05) is 0 Å². The van der Waals surface area contributed by atoms with E-state index in [0.29, 0.717) is 17.3 Å². The summed E-state index contributed by atoms with van der Waals surface area (Å²) in [5.74, 6) is -2.95. The predicted molar refractivity (Wildman–Crippen MR) is 67.4 cm³/mol. The summed E-state index contributed by atoms with van der Waals surface area (Å²) in [6, 6.07) is 1.72. The number of carbonyl (C=O) groups is 1. The molecule has 0 bridgehead atoms. The first-order chi connectivity index (χ1) is 8.82. The molecule has 2 rings (SSSR count). The molecule has 0 saturated carbocycles. The number of hydrogen-bond acceptors (Lipinski definition) is 2. The molecule has 0 aliphatic carbocycles. The van der Waals surface area contributed by atoms with Gasteiger partial charge in [0.1, 0.15) is 11.6 Å². The maximum Gasteiger partial charge on any atom is 0.336 e. The van der Waals surface area contributed by atoms with Crippen molar-refractivity contribution < 1.29 is 18.7 Å². The lowest BCUT2D eigenvalue weighted by molar-refractivity contribution is 0.0697. The number of carboxylic acid groups (broad SMARTS) is 1. The number of benzene rings is 1. The minimum atomic E-state index is -1.24. The highest BCUT2D eigenvalue weighted by Gasteiger charge is 2.21. The van der Waals surface area contributed by atoms with Crippen LogP contribution in [0, 0.1) is 18.6 Å². The third-order valence-corrected chi connectivity index (χ3v) is 3.05. The highest BCUT2D eigenvalue weighted by molar-refractivity contribution is 6.04. The molecule has 0 amide bonds. The van der Waals surface area contributed by atoms with Crippen LogP contribution in [0.25, 0.3) is 10.9 Å². The summed E-state index contributed by atoms with van der Waals surface area (Å²) in [6.45, 7) is 5.29. The molecule has 0 aliphatic heterocycles. The lowest BCUT2D eigenvalue weighted by Crippen LogP contribution is -2.09. The molecule has 0 aliphatic rings. The lowest BCUT2D eigenvalue weighted by Gasteiger charge is -2.14. The van der Waals surface area contributed by atoms with Gasteiger partial charge in [-0.15, -0.1) is 0 Å². The Kier molecular flexibility index (Phi) is 3.22. The van der Waals surface area contributed by atoms with Gasteiger partial charge in [0, 0.05) is 17.8 Å². The number of nitrogens with zero attached hydrogens (tertiary/aromatic N) is 1. The molecule has 1 heterocycles. The smallest absolute Gasteiger partial charge is 0.336 e. The lowest BCUT2D eigenvalue weighted by atomic mass is 9.96. The highest BCUT2D eigenvalue weighted by Crippen LogP contribution is 2.29. The van der Waals surface area contributed by atoms with Crippen LogP contribution in [0.2, 0.25) is 0 Å². The summed E-state index contributed by atoms with van der Waals surface area (Å²) < 4.78 is 27.1. The topological polar surface area (TPSA) is 50.2 Å². The van der Waals surface area contributed by atoms with Crippen LogP contribution in [-0.2, 0) is 0 Å². The van der Waals surface area contributed by atoms with E-state index in [9.17, 15) is 18.7 Å². The Bertz CT molecular complexity index is 681. The van der Waals surface area contributed by atoms with Gasteiger partial charge in [0.2, 0.25) is 0 Å². The molecule has 5 heteroatoms. The second kappa shape index (κ2) is 4.57. The monoisotopic (exact) mass is 265 g/mol. The number of hydrogen-bond donors (Lipinski definition) is 1. The maximum atomic E-state index is 13.8. The Balaban J connectivity index is 3.00. The minimum Gasteiger partial charge on any atom is -0.478 e. The highest BCUT2D eigenvalue weighted by atomic mass is 19.1. The third kappa shape index (κ3) is 2.16. The van der Waals surface area contributed by atoms with E-state index in [4.69, 9.17) is 0 Å². The van der Waals surface area contributed by atoms with Gasteiger partial charge < -0.3 is 5.11 Å². The molecule has 100 valence electrons. The fourth-order valence-electron chi connectivity index (χ4n) is 2.25. The summed E-state index contributed by atoms with van der Waals surface area (Å²) in [5, 5.41) is 9.13. The Morgan fingerprint density at radius 2 is 1.95 bits per heavy atom. The standard InChI is InChI=1S/C14H13F2NO2/c1-6(2)13-7(3)11(14(18)19)12-9(16)4-8(15)5-10(12)17-13/h4-6H,1-3H3,(H,18,19). The number of pyridine rings is 1. The van der Waals surface area contributed by atoms with E-state index < -0.39 is 17.6 Å². The molecule has 19 heavy (non-hydrogen) atoms. The molecule has 0 unspecified atom stereocenters. The van der Waals surface area contributed by atoms with E-state index in [0.717, 1.165) is 6.07 Å². The molecule has 1 aromatic heterocycles. The number of aromatic nitrogens is 1. The number of carboxylic acids is 1. The first-order valence-corrected chi connectivity index (χ1v) is 5.85. The zero-order valence-electron chi connectivity index (χ0n) is 10.8. The van der Waals surface area contributed by atoms with Crippen LogP contribution >= 0.6 is 0 Å². The Hall–Kier alpha value is -2.04. The summed E-state index contributed by atoms with van der Waals surface area (Å²) in [7, 11) is 0. The molecule has 0 saturated heterocycles. The van der Waals surface area contributed by atoms with E-state index in [1.54, 1.807) is 6.92 Å². The van der Waals surface area contributed by atoms with Crippen molar-refractivity contribution in [1.82, 2.24) is 4.98 Å². The van der Waals surface area contributed by atoms with E-state index in [1.807, 2.05) is 13.8 Å². The van der Waals surface area contributed by atoms with Gasteiger partial charge in [-0.25, -0.2) is 13.6 Å². The Morgan fingerprint density at radius 1 is 1.32 bits per heavy atom. The second-order valence-corrected chi connectivity index (χ2v) is 4.74. The first-order valence-electron chi connectivity index (χ1n) is 5.85. The fraction of sp³-hybridized carbons (Fsp3) is 0.286. The molecular weight excluding hydrogens is 252 g/mol. The molecule has 1 N–H and O–H groups in total. The van der Waals surface area contributed by atoms with Crippen LogP contribution in [0.1, 0.15) is 41.4 Å². The van der Waals surface area contributed by atoms with E-state index >= 15 is 0 Å². The fourth-order valence-corrected chi connectivity index (χ4v) is 2.25.